The molecule has 2 aromatic rings. The Bertz CT molecular complexity index is 1290. The molecule has 0 atom stereocenters. The number of piperazine rings is 1. The molecule has 1 fully saturated rings. The second-order valence-corrected chi connectivity index (χ2v) is 12.6. The minimum absolute atomic E-state index is 0.0240. The highest BCUT2D eigenvalue weighted by Crippen LogP contribution is 2.37. The van der Waals surface area contributed by atoms with Crippen LogP contribution in [0.3, 0.4) is 0 Å². The number of sulfone groups is 1. The largest absolute Gasteiger partial charge is 0.395 e. The number of aromatic nitrogens is 1. The van der Waals surface area contributed by atoms with Gasteiger partial charge in [-0.25, -0.2) is 8.42 Å². The second kappa shape index (κ2) is 11.1. The van der Waals surface area contributed by atoms with E-state index in [1.165, 1.54) is 29.7 Å². The molecular formula is C28H38N4O4S. The zero-order valence-electron chi connectivity index (χ0n) is 21.7. The van der Waals surface area contributed by atoms with E-state index < -0.39 is 9.84 Å². The molecule has 0 unspecified atom stereocenters. The van der Waals surface area contributed by atoms with E-state index in [0.29, 0.717) is 16.8 Å². The summed E-state index contributed by atoms with van der Waals surface area (Å²) in [5.41, 5.74) is 6.81. The van der Waals surface area contributed by atoms with Crippen molar-refractivity contribution in [1.82, 2.24) is 14.8 Å². The van der Waals surface area contributed by atoms with Gasteiger partial charge in [0.2, 0.25) is 0 Å². The average Bonchev–Trinajstić information content (AvgIpc) is 3.41. The second-order valence-electron chi connectivity index (χ2n) is 10.3. The van der Waals surface area contributed by atoms with Gasteiger partial charge < -0.3 is 20.3 Å². The number of carbonyl (C=O) groups excluding carboxylic acids is 1. The van der Waals surface area contributed by atoms with Crippen molar-refractivity contribution in [3.05, 3.63) is 46.3 Å². The normalized spacial score (nSPS) is 19.7. The smallest absolute Gasteiger partial charge is 0.256 e. The number of β-amino-alcohol motifs (C(OH)–C–C–N with tert-alkyl or cyclic N) is 1. The average molecular weight is 527 g/mol. The fraction of sp³-hybridized carbons (Fsp3) is 0.536. The lowest BCUT2D eigenvalue weighted by molar-refractivity contribution is -0.110. The maximum atomic E-state index is 12.9. The Kier molecular flexibility index (Phi) is 7.85. The molecule has 3 N–H and O–H groups in total. The number of aliphatic hydroxyl groups excluding tert-OH is 1. The van der Waals surface area contributed by atoms with Crippen LogP contribution in [0.4, 0.5) is 5.69 Å². The molecule has 0 radical (unpaired) electrons. The molecule has 8 nitrogen and oxygen atoms in total. The SMILES string of the molecule is CCS(=O)(=O)c1ccc2c(c1)C(=Cc1[nH]c3c(c1CCCN1CCN(CCO)CC1)CCCC3)C(=O)N2. The first-order chi connectivity index (χ1) is 17.9. The van der Waals surface area contributed by atoms with Crippen LogP contribution in [0.5, 0.6) is 0 Å². The van der Waals surface area contributed by atoms with Gasteiger partial charge in [-0.1, -0.05) is 6.92 Å². The third-order valence-corrected chi connectivity index (χ3v) is 9.76. The molecule has 0 bridgehead atoms. The van der Waals surface area contributed by atoms with Gasteiger partial charge in [0.25, 0.3) is 5.91 Å². The molecule has 1 amide bonds. The number of aryl methyl sites for hydroxylation is 1. The number of nitrogens with one attached hydrogen (secondary N) is 2. The summed E-state index contributed by atoms with van der Waals surface area (Å²) >= 11 is 0. The van der Waals surface area contributed by atoms with Gasteiger partial charge in [0.1, 0.15) is 0 Å². The number of hydrogen-bond donors (Lipinski definition) is 3. The van der Waals surface area contributed by atoms with Crippen LogP contribution in [0.15, 0.2) is 23.1 Å². The van der Waals surface area contributed by atoms with Crippen LogP contribution in [0.25, 0.3) is 11.6 Å². The van der Waals surface area contributed by atoms with Crippen LogP contribution in [0.2, 0.25) is 0 Å². The Labute approximate surface area is 219 Å². The van der Waals surface area contributed by atoms with E-state index in [1.54, 1.807) is 25.1 Å². The molecule has 200 valence electrons. The molecule has 5 rings (SSSR count). The number of aromatic amines is 1. The minimum atomic E-state index is -3.37. The summed E-state index contributed by atoms with van der Waals surface area (Å²) in [6, 6.07) is 4.90. The van der Waals surface area contributed by atoms with Gasteiger partial charge in [-0.05, 0) is 80.5 Å². The Morgan fingerprint density at radius 2 is 1.78 bits per heavy atom. The van der Waals surface area contributed by atoms with E-state index in [0.717, 1.165) is 70.6 Å². The van der Waals surface area contributed by atoms with Crippen LogP contribution in [0, 0.1) is 0 Å². The molecule has 3 aliphatic rings. The van der Waals surface area contributed by atoms with Gasteiger partial charge in [0.15, 0.2) is 9.84 Å². The number of hydrogen-bond acceptors (Lipinski definition) is 6. The molecule has 2 aliphatic heterocycles. The molecule has 3 heterocycles. The van der Waals surface area contributed by atoms with Crippen LogP contribution < -0.4 is 5.32 Å². The van der Waals surface area contributed by atoms with Gasteiger partial charge in [0, 0.05) is 55.4 Å². The van der Waals surface area contributed by atoms with Crippen molar-refractivity contribution >= 4 is 33.1 Å². The Hall–Kier alpha value is -2.46. The summed E-state index contributed by atoms with van der Waals surface area (Å²) in [5, 5.41) is 12.1. The third kappa shape index (κ3) is 5.55. The maximum absolute atomic E-state index is 12.9. The first-order valence-corrected chi connectivity index (χ1v) is 15.2. The van der Waals surface area contributed by atoms with Crippen molar-refractivity contribution < 1.29 is 18.3 Å². The van der Waals surface area contributed by atoms with Gasteiger partial charge in [0.05, 0.1) is 22.8 Å². The molecule has 0 spiro atoms. The number of amides is 1. The fourth-order valence-electron chi connectivity index (χ4n) is 5.86. The first kappa shape index (κ1) is 26.2. The maximum Gasteiger partial charge on any atom is 0.256 e. The lowest BCUT2D eigenvalue weighted by atomic mass is 9.92. The molecule has 0 saturated carbocycles. The number of fused-ring (bicyclic) bond motifs is 2. The molecular weight excluding hydrogens is 488 g/mol. The molecule has 1 saturated heterocycles. The molecule has 1 aromatic carbocycles. The van der Waals surface area contributed by atoms with Crippen LogP contribution in [-0.4, -0.2) is 85.8 Å². The predicted octanol–water partition coefficient (Wildman–Crippen LogP) is 2.72. The van der Waals surface area contributed by atoms with E-state index >= 15 is 0 Å². The van der Waals surface area contributed by atoms with Crippen molar-refractivity contribution in [2.45, 2.75) is 50.3 Å². The third-order valence-electron chi connectivity index (χ3n) is 8.03. The highest BCUT2D eigenvalue weighted by molar-refractivity contribution is 7.91. The number of aliphatic hydroxyl groups is 1. The molecule has 1 aliphatic carbocycles. The van der Waals surface area contributed by atoms with E-state index in [1.807, 2.05) is 6.08 Å². The van der Waals surface area contributed by atoms with Gasteiger partial charge in [-0.3, -0.25) is 9.69 Å². The summed E-state index contributed by atoms with van der Waals surface area (Å²) in [6.07, 6.45) is 8.37. The lowest BCUT2D eigenvalue weighted by Gasteiger charge is -2.34. The topological polar surface area (TPSA) is 106 Å². The molecule has 1 aromatic heterocycles. The number of nitrogens with zero attached hydrogens (tertiary/aromatic N) is 2. The van der Waals surface area contributed by atoms with Crippen LogP contribution in [-0.2, 0) is 33.9 Å². The monoisotopic (exact) mass is 526 g/mol. The quantitative estimate of drug-likeness (QED) is 0.434. The minimum Gasteiger partial charge on any atom is -0.395 e. The Balaban J connectivity index is 1.38. The first-order valence-electron chi connectivity index (χ1n) is 13.6. The van der Waals surface area contributed by atoms with Crippen molar-refractivity contribution in [2.24, 2.45) is 0 Å². The van der Waals surface area contributed by atoms with E-state index in [2.05, 4.69) is 20.1 Å². The van der Waals surface area contributed by atoms with Crippen molar-refractivity contribution in [3.8, 4) is 0 Å². The van der Waals surface area contributed by atoms with Gasteiger partial charge in [-0.15, -0.1) is 0 Å². The number of benzene rings is 1. The summed E-state index contributed by atoms with van der Waals surface area (Å²) in [4.78, 5) is 21.6. The summed E-state index contributed by atoms with van der Waals surface area (Å²) < 4.78 is 25.0. The van der Waals surface area contributed by atoms with Gasteiger partial charge in [-0.2, -0.15) is 0 Å². The van der Waals surface area contributed by atoms with E-state index in [9.17, 15) is 18.3 Å². The standard InChI is InChI=1S/C28H38N4O4S/c1-2-37(35,36)20-9-10-26-23(18-20)24(28(34)30-26)19-27-22(21-6-3-4-8-25(21)29-27)7-5-11-31-12-14-32(15-13-31)16-17-33/h9-10,18-19,29,33H,2-8,11-17H2,1H3,(H,30,34). The highest BCUT2D eigenvalue weighted by Gasteiger charge is 2.28. The van der Waals surface area contributed by atoms with Gasteiger partial charge >= 0.3 is 0 Å². The fourth-order valence-corrected chi connectivity index (χ4v) is 6.76. The van der Waals surface area contributed by atoms with E-state index in [4.69, 9.17) is 0 Å². The van der Waals surface area contributed by atoms with Crippen molar-refractivity contribution in [3.63, 3.8) is 0 Å². The molecule has 9 heteroatoms. The lowest BCUT2D eigenvalue weighted by Crippen LogP contribution is -2.47. The van der Waals surface area contributed by atoms with Crippen molar-refractivity contribution in [1.29, 1.82) is 0 Å². The zero-order valence-corrected chi connectivity index (χ0v) is 22.5. The summed E-state index contributed by atoms with van der Waals surface area (Å²) in [6.45, 7) is 7.70. The summed E-state index contributed by atoms with van der Waals surface area (Å²) in [5.74, 6) is -0.170. The zero-order chi connectivity index (χ0) is 26.0. The number of anilines is 1. The highest BCUT2D eigenvalue weighted by atomic mass is 32.2. The number of H-pyrrole nitrogens is 1. The van der Waals surface area contributed by atoms with Crippen LogP contribution >= 0.6 is 0 Å². The van der Waals surface area contributed by atoms with E-state index in [-0.39, 0.29) is 23.2 Å². The number of rotatable bonds is 9. The van der Waals surface area contributed by atoms with Crippen molar-refractivity contribution in [2.75, 3.05) is 56.9 Å². The molecule has 37 heavy (non-hydrogen) atoms. The Morgan fingerprint density at radius 3 is 2.51 bits per heavy atom. The Morgan fingerprint density at radius 1 is 1.05 bits per heavy atom. The van der Waals surface area contributed by atoms with Crippen LogP contribution in [0.1, 0.15) is 54.3 Å². The summed E-state index contributed by atoms with van der Waals surface area (Å²) in [7, 11) is -3.37. The predicted molar refractivity (Wildman–Crippen MR) is 146 cm³/mol. The number of carbonyl (C=O) groups is 1.